The van der Waals surface area contributed by atoms with Crippen molar-refractivity contribution in [3.05, 3.63) is 33.7 Å². The summed E-state index contributed by atoms with van der Waals surface area (Å²) in [6, 6.07) is 2.81. The molecule has 0 saturated heterocycles. The van der Waals surface area contributed by atoms with Gasteiger partial charge in [-0.15, -0.1) is 0 Å². The molecule has 1 aliphatic carbocycles. The van der Waals surface area contributed by atoms with Gasteiger partial charge in [-0.1, -0.05) is 27.2 Å². The fraction of sp³-hybridized carbons (Fsp3) is 0.615. The van der Waals surface area contributed by atoms with Crippen LogP contribution < -0.4 is 10.2 Å². The van der Waals surface area contributed by atoms with Crippen molar-refractivity contribution in [2.75, 3.05) is 0 Å². The van der Waals surface area contributed by atoms with E-state index >= 15 is 0 Å². The van der Waals surface area contributed by atoms with Crippen molar-refractivity contribution >= 4 is 16.9 Å². The SMILES string of the molecule is CC(C)[C@@H]1CC[C@@H](C)C[C@H]1C(=O)OCc1cc(=O)c2c(O)c3c(cc2o1)OC(C(C)(C)O)C3. The van der Waals surface area contributed by atoms with E-state index in [2.05, 4.69) is 20.8 Å². The predicted octanol–water partition coefficient (Wildman–Crippen LogP) is 4.32. The van der Waals surface area contributed by atoms with Crippen molar-refractivity contribution in [3.8, 4) is 11.5 Å². The third kappa shape index (κ3) is 4.60. The summed E-state index contributed by atoms with van der Waals surface area (Å²) in [5, 5.41) is 21.0. The van der Waals surface area contributed by atoms with Crippen LogP contribution in [0.1, 0.15) is 65.2 Å². The molecule has 1 aromatic heterocycles. The van der Waals surface area contributed by atoms with Gasteiger partial charge in [-0.25, -0.2) is 0 Å². The van der Waals surface area contributed by atoms with Crippen molar-refractivity contribution in [2.45, 2.75) is 78.6 Å². The standard InChI is InChI=1S/C26H34O7/c1-13(2)16-7-6-14(3)8-17(16)25(29)31-12-15-9-19(27)23-21(32-15)11-20-18(24(23)28)10-22(33-20)26(4,5)30/h9,11,13-14,16-17,22,28,30H,6-8,10,12H2,1-5H3/t14-,16+,17-,22?/m1/s1. The highest BCUT2D eigenvalue weighted by Gasteiger charge is 2.38. The molecular weight excluding hydrogens is 424 g/mol. The van der Waals surface area contributed by atoms with Crippen LogP contribution in [0.2, 0.25) is 0 Å². The molecule has 180 valence electrons. The smallest absolute Gasteiger partial charge is 0.309 e. The summed E-state index contributed by atoms with van der Waals surface area (Å²) in [5.74, 6) is 1.15. The van der Waals surface area contributed by atoms with E-state index in [0.29, 0.717) is 23.1 Å². The van der Waals surface area contributed by atoms with Crippen molar-refractivity contribution in [3.63, 3.8) is 0 Å². The third-order valence-electron chi connectivity index (χ3n) is 7.24. The minimum Gasteiger partial charge on any atom is -0.507 e. The maximum atomic E-state index is 12.9. The monoisotopic (exact) mass is 458 g/mol. The molecular formula is C26H34O7. The van der Waals surface area contributed by atoms with E-state index in [1.807, 2.05) is 0 Å². The number of phenols is 1. The van der Waals surface area contributed by atoms with Crippen LogP contribution in [0.15, 0.2) is 21.3 Å². The number of hydrogen-bond donors (Lipinski definition) is 2. The van der Waals surface area contributed by atoms with Crippen molar-refractivity contribution in [1.29, 1.82) is 0 Å². The minimum absolute atomic E-state index is 0.0600. The summed E-state index contributed by atoms with van der Waals surface area (Å²) < 4.78 is 17.2. The van der Waals surface area contributed by atoms with Crippen molar-refractivity contribution in [1.82, 2.24) is 0 Å². The highest BCUT2D eigenvalue weighted by atomic mass is 16.5. The van der Waals surface area contributed by atoms with E-state index in [1.165, 1.54) is 6.07 Å². The molecule has 33 heavy (non-hydrogen) atoms. The van der Waals surface area contributed by atoms with Gasteiger partial charge in [0.25, 0.3) is 0 Å². The van der Waals surface area contributed by atoms with Crippen LogP contribution in [0.3, 0.4) is 0 Å². The molecule has 1 aromatic carbocycles. The first-order valence-electron chi connectivity index (χ1n) is 11.8. The van der Waals surface area contributed by atoms with Gasteiger partial charge >= 0.3 is 5.97 Å². The molecule has 0 spiro atoms. The molecule has 0 bridgehead atoms. The number of rotatable bonds is 5. The van der Waals surface area contributed by atoms with Crippen LogP contribution in [0, 0.1) is 23.7 Å². The van der Waals surface area contributed by atoms with E-state index in [0.717, 1.165) is 19.3 Å². The Labute approximate surface area is 193 Å². The average Bonchev–Trinajstić information content (AvgIpc) is 3.16. The molecule has 1 unspecified atom stereocenters. The van der Waals surface area contributed by atoms with Crippen LogP contribution in [0.4, 0.5) is 0 Å². The second-order valence-electron chi connectivity index (χ2n) is 10.7. The number of ether oxygens (including phenoxy) is 2. The highest BCUT2D eigenvalue weighted by Crippen LogP contribution is 2.42. The zero-order valence-corrected chi connectivity index (χ0v) is 20.0. The molecule has 2 heterocycles. The maximum absolute atomic E-state index is 12.9. The van der Waals surface area contributed by atoms with Crippen LogP contribution in [-0.4, -0.2) is 27.9 Å². The Balaban J connectivity index is 1.56. The zero-order chi connectivity index (χ0) is 24.1. The van der Waals surface area contributed by atoms with Gasteiger partial charge in [0.15, 0.2) is 5.43 Å². The van der Waals surface area contributed by atoms with E-state index in [9.17, 15) is 19.8 Å². The fourth-order valence-electron chi connectivity index (χ4n) is 5.24. The number of benzene rings is 1. The Kier molecular flexibility index (Phi) is 6.20. The number of esters is 1. The van der Waals surface area contributed by atoms with Gasteiger partial charge in [0.05, 0.1) is 11.5 Å². The normalized spacial score (nSPS) is 25.2. The minimum atomic E-state index is -1.11. The maximum Gasteiger partial charge on any atom is 0.309 e. The predicted molar refractivity (Wildman–Crippen MR) is 123 cm³/mol. The fourth-order valence-corrected chi connectivity index (χ4v) is 5.24. The summed E-state index contributed by atoms with van der Waals surface area (Å²) >= 11 is 0. The summed E-state index contributed by atoms with van der Waals surface area (Å²) in [6.07, 6.45) is 2.69. The number of carbonyl (C=O) groups is 1. The number of fused-ring (bicyclic) bond motifs is 2. The lowest BCUT2D eigenvalue weighted by Gasteiger charge is -2.35. The van der Waals surface area contributed by atoms with Gasteiger partial charge in [0.2, 0.25) is 0 Å². The lowest BCUT2D eigenvalue weighted by atomic mass is 9.70. The number of carbonyl (C=O) groups excluding carboxylic acids is 1. The largest absolute Gasteiger partial charge is 0.507 e. The average molecular weight is 459 g/mol. The first-order chi connectivity index (χ1) is 15.5. The topological polar surface area (TPSA) is 106 Å². The third-order valence-corrected chi connectivity index (χ3v) is 7.24. The molecule has 2 aromatic rings. The van der Waals surface area contributed by atoms with Gasteiger partial charge in [0, 0.05) is 24.1 Å². The number of phenolic OH excluding ortho intramolecular Hbond substituents is 1. The zero-order valence-electron chi connectivity index (χ0n) is 20.0. The van der Waals surface area contributed by atoms with Crippen LogP contribution in [-0.2, 0) is 22.6 Å². The lowest BCUT2D eigenvalue weighted by Crippen LogP contribution is -2.39. The van der Waals surface area contributed by atoms with Crippen LogP contribution in [0.5, 0.6) is 11.5 Å². The first-order valence-corrected chi connectivity index (χ1v) is 11.8. The second-order valence-corrected chi connectivity index (χ2v) is 10.7. The Hall–Kier alpha value is -2.54. The van der Waals surface area contributed by atoms with Gasteiger partial charge in [-0.2, -0.15) is 0 Å². The molecule has 2 aliphatic rings. The Morgan fingerprint density at radius 3 is 2.67 bits per heavy atom. The Morgan fingerprint density at radius 2 is 2.00 bits per heavy atom. The first kappa shape index (κ1) is 23.6. The summed E-state index contributed by atoms with van der Waals surface area (Å²) in [5.41, 5.74) is -0.890. The Bertz CT molecular complexity index is 1110. The van der Waals surface area contributed by atoms with E-state index in [4.69, 9.17) is 13.9 Å². The lowest BCUT2D eigenvalue weighted by molar-refractivity contribution is -0.155. The molecule has 0 radical (unpaired) electrons. The molecule has 4 atom stereocenters. The number of aromatic hydroxyl groups is 1. The molecule has 1 saturated carbocycles. The quantitative estimate of drug-likeness (QED) is 0.643. The van der Waals surface area contributed by atoms with Crippen LogP contribution >= 0.6 is 0 Å². The highest BCUT2D eigenvalue weighted by molar-refractivity contribution is 5.87. The van der Waals surface area contributed by atoms with Gasteiger partial charge in [0.1, 0.15) is 40.9 Å². The molecule has 1 aliphatic heterocycles. The molecule has 4 rings (SSSR count). The number of hydrogen-bond acceptors (Lipinski definition) is 7. The molecule has 0 amide bonds. The summed E-state index contributed by atoms with van der Waals surface area (Å²) in [4.78, 5) is 25.7. The molecule has 7 heteroatoms. The Morgan fingerprint density at radius 1 is 1.27 bits per heavy atom. The molecule has 7 nitrogen and oxygen atoms in total. The van der Waals surface area contributed by atoms with Gasteiger partial charge in [-0.05, 0) is 44.4 Å². The summed E-state index contributed by atoms with van der Waals surface area (Å²) in [6.45, 7) is 9.55. The molecule has 2 N–H and O–H groups in total. The van der Waals surface area contributed by atoms with Crippen LogP contribution in [0.25, 0.3) is 11.0 Å². The van der Waals surface area contributed by atoms with E-state index in [1.54, 1.807) is 19.9 Å². The number of aliphatic hydroxyl groups is 1. The van der Waals surface area contributed by atoms with E-state index in [-0.39, 0.29) is 53.3 Å². The second kappa shape index (κ2) is 8.67. The van der Waals surface area contributed by atoms with E-state index < -0.39 is 17.1 Å². The van der Waals surface area contributed by atoms with Gasteiger partial charge < -0.3 is 24.1 Å². The molecule has 1 fully saturated rings. The summed E-state index contributed by atoms with van der Waals surface area (Å²) in [7, 11) is 0. The van der Waals surface area contributed by atoms with Crippen molar-refractivity contribution in [2.24, 2.45) is 23.7 Å². The van der Waals surface area contributed by atoms with Crippen molar-refractivity contribution < 1.29 is 28.9 Å². The van der Waals surface area contributed by atoms with Gasteiger partial charge in [-0.3, -0.25) is 9.59 Å².